The first-order valence-electron chi connectivity index (χ1n) is 14.3. The second-order valence-electron chi connectivity index (χ2n) is 11.1. The predicted octanol–water partition coefficient (Wildman–Crippen LogP) is 3.90. The minimum Gasteiger partial charge on any atom is -0.465 e. The highest BCUT2D eigenvalue weighted by Gasteiger charge is 2.54. The Bertz CT molecular complexity index is 2060. The summed E-state index contributed by atoms with van der Waals surface area (Å²) in [6, 6.07) is 14.0. The van der Waals surface area contributed by atoms with Crippen molar-refractivity contribution < 1.29 is 41.8 Å². The Balaban J connectivity index is 1.46. The number of rotatable bonds is 10. The van der Waals surface area contributed by atoms with Crippen LogP contribution in [0, 0.1) is 0 Å². The average Bonchev–Trinajstić information content (AvgIpc) is 3.23. The zero-order valence-electron chi connectivity index (χ0n) is 25.5. The zero-order valence-corrected chi connectivity index (χ0v) is 26.4. The fourth-order valence-corrected chi connectivity index (χ4v) is 6.02. The Labute approximate surface area is 265 Å². The van der Waals surface area contributed by atoms with Crippen LogP contribution in [-0.2, 0) is 23.4 Å². The SMILES string of the molecule is CC(C)OC(=O)[C@H](C)NP(=O)(O/C=C1/O[C@@H](n2ccc(=O)[nH]c2=O)[C@](C)(F)[C@@H]1O)Oc1ccc2oc(-c3ccccc3)cc(=O)c2c1. The van der Waals surface area contributed by atoms with Gasteiger partial charge in [-0.15, -0.1) is 0 Å². The summed E-state index contributed by atoms with van der Waals surface area (Å²) in [7, 11) is -4.66. The predicted molar refractivity (Wildman–Crippen MR) is 166 cm³/mol. The fourth-order valence-electron chi connectivity index (χ4n) is 4.65. The minimum absolute atomic E-state index is 0.0799. The van der Waals surface area contributed by atoms with Gasteiger partial charge in [0.15, 0.2) is 23.0 Å². The first kappa shape index (κ1) is 33.4. The van der Waals surface area contributed by atoms with Gasteiger partial charge in [0.2, 0.25) is 6.23 Å². The number of H-pyrrole nitrogens is 1. The molecule has 0 radical (unpaired) electrons. The van der Waals surface area contributed by atoms with E-state index in [1.807, 2.05) is 11.1 Å². The van der Waals surface area contributed by atoms with Gasteiger partial charge in [-0.2, -0.15) is 5.09 Å². The van der Waals surface area contributed by atoms with E-state index in [4.69, 9.17) is 22.9 Å². The third-order valence-corrected chi connectivity index (χ3v) is 8.52. The van der Waals surface area contributed by atoms with Crippen molar-refractivity contribution in [3.63, 3.8) is 0 Å². The molecule has 1 aliphatic rings. The normalized spacial score (nSPS) is 22.1. The van der Waals surface area contributed by atoms with Gasteiger partial charge in [-0.1, -0.05) is 30.3 Å². The van der Waals surface area contributed by atoms with E-state index in [0.717, 1.165) is 19.2 Å². The molecule has 0 saturated carbocycles. The Morgan fingerprint density at radius 2 is 1.85 bits per heavy atom. The molecule has 3 heterocycles. The van der Waals surface area contributed by atoms with Gasteiger partial charge < -0.3 is 28.0 Å². The van der Waals surface area contributed by atoms with E-state index in [1.165, 1.54) is 31.2 Å². The summed E-state index contributed by atoms with van der Waals surface area (Å²) in [5, 5.41) is 13.2. The average molecular weight is 672 g/mol. The first-order valence-corrected chi connectivity index (χ1v) is 15.9. The van der Waals surface area contributed by atoms with Gasteiger partial charge >= 0.3 is 19.4 Å². The maximum absolute atomic E-state index is 15.7. The Morgan fingerprint density at radius 3 is 2.53 bits per heavy atom. The second kappa shape index (κ2) is 13.0. The van der Waals surface area contributed by atoms with E-state index in [-0.39, 0.29) is 16.7 Å². The number of hydrogen-bond acceptors (Lipinski definition) is 11. The number of alkyl halides is 1. The molecule has 248 valence electrons. The lowest BCUT2D eigenvalue weighted by molar-refractivity contribution is -0.149. The Hall–Kier alpha value is -4.98. The number of aliphatic hydroxyl groups excluding tert-OH is 1. The molecule has 1 unspecified atom stereocenters. The van der Waals surface area contributed by atoms with Crippen molar-refractivity contribution in [2.45, 2.75) is 57.8 Å². The Morgan fingerprint density at radius 1 is 1.13 bits per heavy atom. The van der Waals surface area contributed by atoms with E-state index in [1.54, 1.807) is 38.1 Å². The molecule has 2 aromatic heterocycles. The number of carbonyl (C=O) groups is 1. The molecule has 0 amide bonds. The quantitative estimate of drug-likeness (QED) is 0.126. The van der Waals surface area contributed by atoms with Crippen molar-refractivity contribution in [3.05, 3.63) is 110 Å². The smallest absolute Gasteiger partial charge is 0.465 e. The van der Waals surface area contributed by atoms with E-state index in [9.17, 15) is 28.8 Å². The van der Waals surface area contributed by atoms with Gasteiger partial charge in [0.1, 0.15) is 29.4 Å². The number of benzene rings is 2. The first-order chi connectivity index (χ1) is 22.2. The number of ether oxygens (including phenoxy) is 2. The van der Waals surface area contributed by atoms with Crippen molar-refractivity contribution in [2.24, 2.45) is 0 Å². The largest absolute Gasteiger partial charge is 0.513 e. The summed E-state index contributed by atoms with van der Waals surface area (Å²) in [6.45, 7) is 5.50. The van der Waals surface area contributed by atoms with Gasteiger partial charge in [-0.3, -0.25) is 23.9 Å². The molecule has 1 aliphatic heterocycles. The molecular weight excluding hydrogens is 640 g/mol. The van der Waals surface area contributed by atoms with Crippen molar-refractivity contribution in [1.29, 1.82) is 0 Å². The highest BCUT2D eigenvalue weighted by atomic mass is 31.2. The third kappa shape index (κ3) is 7.22. The zero-order chi connectivity index (χ0) is 34.1. The van der Waals surface area contributed by atoms with Crippen molar-refractivity contribution in [2.75, 3.05) is 0 Å². The van der Waals surface area contributed by atoms with Crippen LogP contribution in [0.15, 0.2) is 97.7 Å². The number of carbonyl (C=O) groups excluding carboxylic acids is 1. The highest BCUT2D eigenvalue weighted by Crippen LogP contribution is 2.48. The van der Waals surface area contributed by atoms with E-state index in [2.05, 4.69) is 5.09 Å². The number of nitrogens with one attached hydrogen (secondary N) is 2. The summed E-state index contributed by atoms with van der Waals surface area (Å²) < 4.78 is 58.1. The minimum atomic E-state index is -4.66. The lowest BCUT2D eigenvalue weighted by Gasteiger charge is -2.23. The molecule has 1 saturated heterocycles. The van der Waals surface area contributed by atoms with Crippen molar-refractivity contribution >= 4 is 24.7 Å². The maximum atomic E-state index is 15.7. The molecule has 14 nitrogen and oxygen atoms in total. The molecule has 3 N–H and O–H groups in total. The topological polar surface area (TPSA) is 188 Å². The number of halogens is 1. The van der Waals surface area contributed by atoms with Crippen molar-refractivity contribution in [1.82, 2.24) is 14.6 Å². The van der Waals surface area contributed by atoms with E-state index < -0.39 is 66.3 Å². The van der Waals surface area contributed by atoms with Gasteiger partial charge in [0.25, 0.3) is 5.56 Å². The van der Waals surface area contributed by atoms with Crippen LogP contribution in [0.25, 0.3) is 22.3 Å². The lowest BCUT2D eigenvalue weighted by Crippen LogP contribution is -2.42. The highest BCUT2D eigenvalue weighted by molar-refractivity contribution is 7.52. The molecule has 2 aromatic carbocycles. The Kier molecular flexibility index (Phi) is 9.25. The lowest BCUT2D eigenvalue weighted by atomic mass is 10.0. The van der Waals surface area contributed by atoms with Crippen LogP contribution >= 0.6 is 7.75 Å². The summed E-state index contributed by atoms with van der Waals surface area (Å²) in [6.07, 6.45) is -2.70. The third-order valence-electron chi connectivity index (χ3n) is 6.99. The van der Waals surface area contributed by atoms with Crippen LogP contribution in [0.3, 0.4) is 0 Å². The van der Waals surface area contributed by atoms with Gasteiger partial charge in [0, 0.05) is 23.9 Å². The molecule has 5 rings (SSSR count). The number of hydrogen-bond donors (Lipinski definition) is 3. The maximum Gasteiger partial charge on any atom is 0.513 e. The van der Waals surface area contributed by atoms with Gasteiger partial charge in [0.05, 0.1) is 11.5 Å². The summed E-state index contributed by atoms with van der Waals surface area (Å²) >= 11 is 0. The van der Waals surface area contributed by atoms with E-state index >= 15 is 4.39 Å². The standard InChI is InChI=1S/C31H31FN3O11P/c1-17(2)43-28(39)18(3)34-47(41,42-16-25-27(38)31(4,32)29(45-25)35-13-12-26(37)33-30(35)40)46-20-10-11-23-21(14-20)22(36)15-24(44-23)19-8-6-5-7-9-19/h5-18,27,29,38H,1-4H3,(H,34,41)(H,33,37,40)/b25-16+/t18-,27+,29+,31+,47?/m0/s1. The number of aliphatic hydroxyl groups is 1. The second-order valence-corrected chi connectivity index (χ2v) is 12.7. The molecule has 0 bridgehead atoms. The van der Waals surface area contributed by atoms with Crippen LogP contribution in [0.2, 0.25) is 0 Å². The molecule has 1 fully saturated rings. The summed E-state index contributed by atoms with van der Waals surface area (Å²) in [5.41, 5.74) is -3.92. The van der Waals surface area contributed by atoms with Crippen LogP contribution in [0.4, 0.5) is 4.39 Å². The number of aromatic nitrogens is 2. The van der Waals surface area contributed by atoms with Crippen LogP contribution < -0.4 is 26.3 Å². The molecule has 0 spiro atoms. The molecule has 47 heavy (non-hydrogen) atoms. The van der Waals surface area contributed by atoms with Crippen molar-refractivity contribution in [3.8, 4) is 17.1 Å². The van der Waals surface area contributed by atoms with E-state index in [0.29, 0.717) is 22.2 Å². The molecule has 16 heteroatoms. The van der Waals surface area contributed by atoms with Crippen LogP contribution in [-0.4, -0.2) is 44.5 Å². The number of aromatic amines is 1. The van der Waals surface area contributed by atoms with Gasteiger partial charge in [-0.05, 0) is 45.9 Å². The number of esters is 1. The molecule has 4 aromatic rings. The van der Waals surface area contributed by atoms with Gasteiger partial charge in [-0.25, -0.2) is 13.8 Å². The fraction of sp³-hybridized carbons (Fsp3) is 0.290. The van der Waals surface area contributed by atoms with Crippen LogP contribution in [0.5, 0.6) is 5.75 Å². The molecule has 0 aliphatic carbocycles. The molecule has 5 atom stereocenters. The summed E-state index contributed by atoms with van der Waals surface area (Å²) in [5.74, 6) is -1.21. The monoisotopic (exact) mass is 671 g/mol. The number of nitrogens with zero attached hydrogens (tertiary/aromatic N) is 1. The van der Waals surface area contributed by atoms with Crippen LogP contribution in [0.1, 0.15) is 33.9 Å². The molecular formula is C31H31FN3O11P. The summed E-state index contributed by atoms with van der Waals surface area (Å²) in [4.78, 5) is 51.3. The number of fused-ring (bicyclic) bond motifs is 1.